The number of aromatic nitrogens is 3. The highest BCUT2D eigenvalue weighted by Crippen LogP contribution is 2.25. The summed E-state index contributed by atoms with van der Waals surface area (Å²) in [5.41, 5.74) is 1.37. The molecule has 2 aromatic heterocycles. The Morgan fingerprint density at radius 3 is 2.62 bits per heavy atom. The van der Waals surface area contributed by atoms with Gasteiger partial charge in [0.05, 0.1) is 11.2 Å². The average Bonchev–Trinajstić information content (AvgIpc) is 3.08. The first kappa shape index (κ1) is 18.6. The molecule has 0 aliphatic carbocycles. The van der Waals surface area contributed by atoms with Crippen LogP contribution in [-0.2, 0) is 16.7 Å². The van der Waals surface area contributed by atoms with Gasteiger partial charge in [0.15, 0.2) is 10.8 Å². The fraction of sp³-hybridized carbons (Fsp3) is 0.125. The maximum atomic E-state index is 12.8. The Kier molecular flexibility index (Phi) is 5.17. The van der Waals surface area contributed by atoms with E-state index in [1.54, 1.807) is 25.1 Å². The first-order valence-electron chi connectivity index (χ1n) is 7.34. The van der Waals surface area contributed by atoms with Crippen molar-refractivity contribution in [2.24, 2.45) is 0 Å². The fourth-order valence-electron chi connectivity index (χ4n) is 2.28. The largest absolute Gasteiger partial charge is 0.279 e. The van der Waals surface area contributed by atoms with Crippen LogP contribution in [0.4, 0.5) is 10.1 Å². The summed E-state index contributed by atoms with van der Waals surface area (Å²) in [6.07, 6.45) is 3.73. The van der Waals surface area contributed by atoms with Gasteiger partial charge in [-0.1, -0.05) is 23.2 Å². The molecule has 3 aromatic rings. The highest BCUT2D eigenvalue weighted by atomic mass is 35.5. The van der Waals surface area contributed by atoms with Crippen LogP contribution in [0.3, 0.4) is 0 Å². The Hall–Kier alpha value is -2.16. The lowest BCUT2D eigenvalue weighted by molar-refractivity contribution is 0.484. The van der Waals surface area contributed by atoms with Crippen LogP contribution in [0, 0.1) is 6.92 Å². The minimum Gasteiger partial charge on any atom is -0.278 e. The van der Waals surface area contributed by atoms with Crippen LogP contribution in [0.25, 0.3) is 5.82 Å². The molecular weight excluding hydrogens is 402 g/mol. The van der Waals surface area contributed by atoms with Gasteiger partial charge in [-0.05, 0) is 36.8 Å². The SMILES string of the molecule is Cc1cc(NS(=O)(=O)c2cncn2-c2ncc(CF)cc2Cl)ccc1Cl. The summed E-state index contributed by atoms with van der Waals surface area (Å²) in [5.74, 6) is 0.133. The van der Waals surface area contributed by atoms with E-state index in [9.17, 15) is 12.8 Å². The van der Waals surface area contributed by atoms with Crippen LogP contribution < -0.4 is 4.72 Å². The second-order valence-corrected chi connectivity index (χ2v) is 7.90. The molecule has 0 amide bonds. The van der Waals surface area contributed by atoms with E-state index in [1.165, 1.54) is 29.4 Å². The van der Waals surface area contributed by atoms with Crippen LogP contribution in [-0.4, -0.2) is 23.0 Å². The number of imidazole rings is 1. The molecule has 1 aromatic carbocycles. The van der Waals surface area contributed by atoms with Gasteiger partial charge in [-0.15, -0.1) is 0 Å². The number of anilines is 1. The van der Waals surface area contributed by atoms with E-state index < -0.39 is 16.7 Å². The third kappa shape index (κ3) is 3.67. The maximum Gasteiger partial charge on any atom is 0.279 e. The van der Waals surface area contributed by atoms with Gasteiger partial charge in [0.25, 0.3) is 10.0 Å². The highest BCUT2D eigenvalue weighted by molar-refractivity contribution is 7.92. The number of sulfonamides is 1. The molecule has 0 atom stereocenters. The van der Waals surface area contributed by atoms with Gasteiger partial charge in [0.2, 0.25) is 0 Å². The van der Waals surface area contributed by atoms with Crippen molar-refractivity contribution >= 4 is 38.9 Å². The normalized spacial score (nSPS) is 11.5. The number of rotatable bonds is 5. The zero-order chi connectivity index (χ0) is 18.9. The lowest BCUT2D eigenvalue weighted by atomic mass is 10.2. The Bertz CT molecular complexity index is 1070. The zero-order valence-corrected chi connectivity index (χ0v) is 15.8. The molecule has 1 N–H and O–H groups in total. The molecule has 0 unspecified atom stereocenters. The van der Waals surface area contributed by atoms with Gasteiger partial charge in [0.1, 0.15) is 13.0 Å². The van der Waals surface area contributed by atoms with Crippen LogP contribution in [0.5, 0.6) is 0 Å². The Morgan fingerprint density at radius 2 is 1.96 bits per heavy atom. The number of pyridine rings is 1. The van der Waals surface area contributed by atoms with Crippen molar-refractivity contribution in [3.05, 3.63) is 64.2 Å². The van der Waals surface area contributed by atoms with Gasteiger partial charge in [-0.2, -0.15) is 8.42 Å². The number of hydrogen-bond donors (Lipinski definition) is 1. The van der Waals surface area contributed by atoms with Crippen molar-refractivity contribution < 1.29 is 12.8 Å². The van der Waals surface area contributed by atoms with Crippen molar-refractivity contribution in [2.75, 3.05) is 4.72 Å². The van der Waals surface area contributed by atoms with E-state index in [-0.39, 0.29) is 21.4 Å². The van der Waals surface area contributed by atoms with Gasteiger partial charge in [-0.25, -0.2) is 14.4 Å². The number of halogens is 3. The van der Waals surface area contributed by atoms with Crippen molar-refractivity contribution in [3.63, 3.8) is 0 Å². The molecule has 3 rings (SSSR count). The van der Waals surface area contributed by atoms with E-state index in [4.69, 9.17) is 23.2 Å². The molecule has 26 heavy (non-hydrogen) atoms. The second-order valence-electron chi connectivity index (χ2n) is 5.45. The van der Waals surface area contributed by atoms with Crippen LogP contribution in [0.1, 0.15) is 11.1 Å². The van der Waals surface area contributed by atoms with E-state index in [0.717, 1.165) is 5.56 Å². The molecule has 0 spiro atoms. The monoisotopic (exact) mass is 414 g/mol. The average molecular weight is 415 g/mol. The summed E-state index contributed by atoms with van der Waals surface area (Å²) in [6, 6.07) is 6.15. The molecule has 0 saturated heterocycles. The number of alkyl halides is 1. The highest BCUT2D eigenvalue weighted by Gasteiger charge is 2.22. The molecule has 136 valence electrons. The Labute approximate surface area is 159 Å². The van der Waals surface area contributed by atoms with E-state index in [2.05, 4.69) is 14.7 Å². The maximum absolute atomic E-state index is 12.8. The topological polar surface area (TPSA) is 76.9 Å². The Balaban J connectivity index is 2.00. The predicted octanol–water partition coefficient (Wildman–Crippen LogP) is 4.15. The minimum absolute atomic E-state index is 0.108. The van der Waals surface area contributed by atoms with E-state index in [1.807, 2.05) is 0 Å². The summed E-state index contributed by atoms with van der Waals surface area (Å²) in [5, 5.41) is 0.478. The third-order valence-corrected chi connectivity index (χ3v) is 5.61. The first-order valence-corrected chi connectivity index (χ1v) is 9.58. The van der Waals surface area contributed by atoms with Crippen LogP contribution >= 0.6 is 23.2 Å². The number of hydrogen-bond acceptors (Lipinski definition) is 4. The molecule has 0 fully saturated rings. The summed E-state index contributed by atoms with van der Waals surface area (Å²) in [6.45, 7) is 1.04. The number of nitrogens with zero attached hydrogens (tertiary/aromatic N) is 3. The molecule has 0 saturated carbocycles. The molecule has 0 radical (unpaired) electrons. The predicted molar refractivity (Wildman–Crippen MR) is 98.2 cm³/mol. The van der Waals surface area contributed by atoms with E-state index in [0.29, 0.717) is 10.7 Å². The lowest BCUT2D eigenvalue weighted by Gasteiger charge is -2.12. The number of aryl methyl sites for hydroxylation is 1. The Morgan fingerprint density at radius 1 is 1.19 bits per heavy atom. The van der Waals surface area contributed by atoms with Gasteiger partial charge >= 0.3 is 0 Å². The second kappa shape index (κ2) is 7.22. The van der Waals surface area contributed by atoms with Gasteiger partial charge < -0.3 is 0 Å². The number of nitrogens with one attached hydrogen (secondary N) is 1. The van der Waals surface area contributed by atoms with Crippen LogP contribution in [0.2, 0.25) is 10.0 Å². The smallest absolute Gasteiger partial charge is 0.278 e. The lowest BCUT2D eigenvalue weighted by Crippen LogP contribution is -2.17. The quantitative estimate of drug-likeness (QED) is 0.679. The first-order chi connectivity index (χ1) is 12.3. The van der Waals surface area contributed by atoms with Crippen molar-refractivity contribution in [1.29, 1.82) is 0 Å². The molecule has 10 heteroatoms. The number of benzene rings is 1. The van der Waals surface area contributed by atoms with Crippen molar-refractivity contribution in [3.8, 4) is 5.82 Å². The molecule has 0 aliphatic rings. The fourth-order valence-corrected chi connectivity index (χ4v) is 3.81. The third-order valence-electron chi connectivity index (χ3n) is 3.55. The van der Waals surface area contributed by atoms with Crippen molar-refractivity contribution in [1.82, 2.24) is 14.5 Å². The van der Waals surface area contributed by atoms with Crippen molar-refractivity contribution in [2.45, 2.75) is 18.6 Å². The minimum atomic E-state index is -3.98. The summed E-state index contributed by atoms with van der Waals surface area (Å²) in [7, 11) is -3.98. The van der Waals surface area contributed by atoms with E-state index >= 15 is 0 Å². The standard InChI is InChI=1S/C16H13Cl2FN4O2S/c1-10-4-12(2-3-13(10)17)22-26(24,25)15-8-20-9-23(15)16-14(18)5-11(6-19)7-21-16/h2-5,7-9,22H,6H2,1H3. The summed E-state index contributed by atoms with van der Waals surface area (Å²) >= 11 is 12.1. The molecule has 6 nitrogen and oxygen atoms in total. The molecular formula is C16H13Cl2FN4O2S. The summed E-state index contributed by atoms with van der Waals surface area (Å²) in [4.78, 5) is 7.91. The molecule has 2 heterocycles. The summed E-state index contributed by atoms with van der Waals surface area (Å²) < 4.78 is 41.9. The molecule has 0 bridgehead atoms. The zero-order valence-electron chi connectivity index (χ0n) is 13.4. The van der Waals surface area contributed by atoms with Gasteiger partial charge in [-0.3, -0.25) is 9.29 Å². The van der Waals surface area contributed by atoms with Crippen LogP contribution in [0.15, 0.2) is 48.0 Å². The molecule has 0 aliphatic heterocycles. The van der Waals surface area contributed by atoms with Gasteiger partial charge in [0, 0.05) is 22.5 Å².